The van der Waals surface area contributed by atoms with Gasteiger partial charge in [0.2, 0.25) is 0 Å². The Labute approximate surface area is 130 Å². The molecule has 1 aromatic rings. The van der Waals surface area contributed by atoms with E-state index in [0.29, 0.717) is 0 Å². The number of furan rings is 1. The Hall–Kier alpha value is -2.03. The normalized spacial score (nSPS) is 24.5. The Morgan fingerprint density at radius 1 is 1.26 bits per heavy atom. The van der Waals surface area contributed by atoms with E-state index in [2.05, 4.69) is 0 Å². The number of morpholine rings is 1. The van der Waals surface area contributed by atoms with Gasteiger partial charge in [-0.3, -0.25) is 9.59 Å². The molecule has 2 N–H and O–H groups in total. The largest absolute Gasteiger partial charge is 0.458 e. The van der Waals surface area contributed by atoms with E-state index in [9.17, 15) is 22.8 Å². The number of hydrogen-bond donors (Lipinski definition) is 1. The highest BCUT2D eigenvalue weighted by molar-refractivity contribution is 5.98. The van der Waals surface area contributed by atoms with E-state index in [4.69, 9.17) is 14.9 Å². The third-order valence-corrected chi connectivity index (χ3v) is 3.54. The molecule has 0 aromatic carbocycles. The molecule has 2 heterocycles. The van der Waals surface area contributed by atoms with Crippen LogP contribution in [0.25, 0.3) is 0 Å². The summed E-state index contributed by atoms with van der Waals surface area (Å²) in [5.74, 6) is -1.79. The second-order valence-corrected chi connectivity index (χ2v) is 6.32. The summed E-state index contributed by atoms with van der Waals surface area (Å²) in [6.45, 7) is 3.16. The summed E-state index contributed by atoms with van der Waals surface area (Å²) in [6, 6.07) is 1.11. The van der Waals surface area contributed by atoms with E-state index in [1.165, 1.54) is 13.8 Å². The van der Waals surface area contributed by atoms with Crippen molar-refractivity contribution >= 4 is 11.8 Å². The highest BCUT2D eigenvalue weighted by Gasteiger charge is 2.58. The highest BCUT2D eigenvalue weighted by Crippen LogP contribution is 2.40. The van der Waals surface area contributed by atoms with Gasteiger partial charge < -0.3 is 19.8 Å². The Bertz CT molecular complexity index is 638. The summed E-state index contributed by atoms with van der Waals surface area (Å²) in [4.78, 5) is 24.4. The number of nitrogens with two attached hydrogens (primary N) is 1. The van der Waals surface area contributed by atoms with Gasteiger partial charge in [0.1, 0.15) is 6.26 Å². The lowest BCUT2D eigenvalue weighted by Crippen LogP contribution is -2.65. The predicted molar refractivity (Wildman–Crippen MR) is 72.8 cm³/mol. The van der Waals surface area contributed by atoms with Gasteiger partial charge in [-0.15, -0.1) is 0 Å². The van der Waals surface area contributed by atoms with Gasteiger partial charge >= 0.3 is 6.18 Å². The number of alkyl halides is 3. The number of carbonyl (C=O) groups is 2. The summed E-state index contributed by atoms with van der Waals surface area (Å²) in [6.07, 6.45) is -3.65. The number of hydrogen-bond acceptors (Lipinski definition) is 4. The predicted octanol–water partition coefficient (Wildman–Crippen LogP) is 1.95. The van der Waals surface area contributed by atoms with Crippen LogP contribution in [-0.4, -0.2) is 47.2 Å². The summed E-state index contributed by atoms with van der Waals surface area (Å²) in [5, 5.41) is 0. The zero-order chi connectivity index (χ0) is 17.6. The second-order valence-electron chi connectivity index (χ2n) is 6.32. The van der Waals surface area contributed by atoms with Crippen LogP contribution in [0, 0.1) is 0 Å². The van der Waals surface area contributed by atoms with Crippen molar-refractivity contribution in [3.63, 3.8) is 0 Å². The van der Waals surface area contributed by atoms with E-state index < -0.39 is 35.7 Å². The maximum atomic E-state index is 13.3. The van der Waals surface area contributed by atoms with Crippen LogP contribution in [0.3, 0.4) is 0 Å². The molecule has 2 rings (SSSR count). The van der Waals surface area contributed by atoms with Crippen LogP contribution in [0.1, 0.15) is 41.7 Å². The van der Waals surface area contributed by atoms with Crippen LogP contribution in [0.4, 0.5) is 13.2 Å². The first-order chi connectivity index (χ1) is 10.3. The molecule has 1 atom stereocenters. The lowest BCUT2D eigenvalue weighted by atomic mass is 9.96. The van der Waals surface area contributed by atoms with Gasteiger partial charge in [-0.05, 0) is 20.8 Å². The van der Waals surface area contributed by atoms with Crippen LogP contribution in [0.15, 0.2) is 16.7 Å². The van der Waals surface area contributed by atoms with Crippen molar-refractivity contribution in [1.82, 2.24) is 4.90 Å². The number of ether oxygens (including phenoxy) is 1. The number of amides is 2. The van der Waals surface area contributed by atoms with E-state index in [1.54, 1.807) is 0 Å². The molecular formula is C14H17F3N2O4. The lowest BCUT2D eigenvalue weighted by molar-refractivity contribution is -0.318. The minimum absolute atomic E-state index is 0.0331. The van der Waals surface area contributed by atoms with Gasteiger partial charge in [0, 0.05) is 12.6 Å². The molecule has 0 radical (unpaired) electrons. The lowest BCUT2D eigenvalue weighted by Gasteiger charge is -2.48. The third kappa shape index (κ3) is 3.34. The Morgan fingerprint density at radius 2 is 1.87 bits per heavy atom. The molecule has 23 heavy (non-hydrogen) atoms. The molecule has 9 heteroatoms. The van der Waals surface area contributed by atoms with E-state index in [-0.39, 0.29) is 17.9 Å². The molecule has 0 aliphatic carbocycles. The first kappa shape index (κ1) is 17.3. The fraction of sp³-hybridized carbons (Fsp3) is 0.571. The van der Waals surface area contributed by atoms with Gasteiger partial charge in [0.25, 0.3) is 11.8 Å². The minimum Gasteiger partial charge on any atom is -0.458 e. The number of halogens is 3. The zero-order valence-electron chi connectivity index (χ0n) is 12.9. The van der Waals surface area contributed by atoms with Crippen molar-refractivity contribution in [3.8, 4) is 0 Å². The van der Waals surface area contributed by atoms with Crippen molar-refractivity contribution in [1.29, 1.82) is 0 Å². The van der Waals surface area contributed by atoms with Gasteiger partial charge in [-0.1, -0.05) is 0 Å². The Balaban J connectivity index is 2.30. The molecule has 0 bridgehead atoms. The molecule has 1 aromatic heterocycles. The van der Waals surface area contributed by atoms with Crippen molar-refractivity contribution < 1.29 is 31.9 Å². The molecule has 1 aliphatic rings. The maximum Gasteiger partial charge on any atom is 0.418 e. The minimum atomic E-state index is -4.64. The molecule has 1 unspecified atom stereocenters. The van der Waals surface area contributed by atoms with E-state index >= 15 is 0 Å². The van der Waals surface area contributed by atoms with Crippen LogP contribution < -0.4 is 5.73 Å². The number of nitrogens with zero attached hydrogens (tertiary/aromatic N) is 1. The Morgan fingerprint density at radius 3 is 2.35 bits per heavy atom. The second kappa shape index (κ2) is 5.26. The van der Waals surface area contributed by atoms with Gasteiger partial charge in [-0.25, -0.2) is 0 Å². The topological polar surface area (TPSA) is 85.8 Å². The molecule has 1 saturated heterocycles. The third-order valence-electron chi connectivity index (χ3n) is 3.54. The molecular weight excluding hydrogens is 317 g/mol. The first-order valence-electron chi connectivity index (χ1n) is 6.79. The van der Waals surface area contributed by atoms with Crippen molar-refractivity contribution in [3.05, 3.63) is 23.7 Å². The summed E-state index contributed by atoms with van der Waals surface area (Å²) in [7, 11) is 0. The first-order valence-corrected chi connectivity index (χ1v) is 6.79. The van der Waals surface area contributed by atoms with Crippen molar-refractivity contribution in [2.24, 2.45) is 5.73 Å². The summed E-state index contributed by atoms with van der Waals surface area (Å²) >= 11 is 0. The Kier molecular flexibility index (Phi) is 3.96. The standard InChI is InChI=1S/C14H17F3N2O4/c1-12(2)6-19(7-13(3,23-12)14(15,16)17)11(21)8-4-9(10(18)20)22-5-8/h4-5H,6-7H2,1-3H3,(H2,18,20). The van der Waals surface area contributed by atoms with E-state index in [0.717, 1.165) is 24.2 Å². The molecule has 1 aliphatic heterocycles. The van der Waals surface area contributed by atoms with E-state index in [1.807, 2.05) is 0 Å². The fourth-order valence-electron chi connectivity index (χ4n) is 2.61. The fourth-order valence-corrected chi connectivity index (χ4v) is 2.61. The molecule has 1 fully saturated rings. The number of primary amides is 1. The number of carbonyl (C=O) groups excluding carboxylic acids is 2. The molecule has 128 valence electrons. The molecule has 0 spiro atoms. The van der Waals surface area contributed by atoms with Crippen molar-refractivity contribution in [2.75, 3.05) is 13.1 Å². The average Bonchev–Trinajstić information content (AvgIpc) is 2.83. The molecule has 0 saturated carbocycles. The maximum absolute atomic E-state index is 13.3. The summed E-state index contributed by atoms with van der Waals surface area (Å²) < 4.78 is 49.8. The van der Waals surface area contributed by atoms with Gasteiger partial charge in [0.15, 0.2) is 11.4 Å². The average molecular weight is 334 g/mol. The number of rotatable bonds is 2. The SMILES string of the molecule is CC1(C)CN(C(=O)c2coc(C(N)=O)c2)CC(C)(C(F)(F)F)O1. The van der Waals surface area contributed by atoms with Gasteiger partial charge in [-0.2, -0.15) is 13.2 Å². The zero-order valence-corrected chi connectivity index (χ0v) is 12.9. The van der Waals surface area contributed by atoms with Crippen LogP contribution in [0.2, 0.25) is 0 Å². The summed E-state index contributed by atoms with van der Waals surface area (Å²) in [5.41, 5.74) is 1.31. The van der Waals surface area contributed by atoms with Crippen LogP contribution in [-0.2, 0) is 4.74 Å². The van der Waals surface area contributed by atoms with Crippen LogP contribution >= 0.6 is 0 Å². The smallest absolute Gasteiger partial charge is 0.418 e. The highest BCUT2D eigenvalue weighted by atomic mass is 19.4. The van der Waals surface area contributed by atoms with Crippen LogP contribution in [0.5, 0.6) is 0 Å². The quantitative estimate of drug-likeness (QED) is 0.896. The van der Waals surface area contributed by atoms with Crippen molar-refractivity contribution in [2.45, 2.75) is 38.1 Å². The van der Waals surface area contributed by atoms with Gasteiger partial charge in [0.05, 0.1) is 17.7 Å². The molecule has 2 amide bonds. The monoisotopic (exact) mass is 334 g/mol. The molecule has 6 nitrogen and oxygen atoms in total.